The standard InChI is InChI=1S/C20H21N3O3/c1-13(2)11-18(24)21-15-8-6-7-14(12-15)20-22-19(23-26-20)16-9-4-5-10-17(16)25-3/h4-10,12-13H,11H2,1-3H3,(H,21,24). The van der Waals surface area contributed by atoms with Gasteiger partial charge in [-0.15, -0.1) is 0 Å². The number of methoxy groups -OCH3 is 1. The van der Waals surface area contributed by atoms with E-state index >= 15 is 0 Å². The largest absolute Gasteiger partial charge is 0.496 e. The number of benzene rings is 2. The first-order valence-corrected chi connectivity index (χ1v) is 8.44. The first-order chi connectivity index (χ1) is 12.6. The number of para-hydroxylation sites is 1. The maximum atomic E-state index is 12.0. The van der Waals surface area contributed by atoms with Crippen molar-refractivity contribution in [2.45, 2.75) is 20.3 Å². The van der Waals surface area contributed by atoms with Crippen molar-refractivity contribution in [3.8, 4) is 28.6 Å². The minimum Gasteiger partial charge on any atom is -0.496 e. The van der Waals surface area contributed by atoms with E-state index in [1.54, 1.807) is 7.11 Å². The summed E-state index contributed by atoms with van der Waals surface area (Å²) < 4.78 is 10.7. The molecule has 0 spiro atoms. The van der Waals surface area contributed by atoms with Gasteiger partial charge in [-0.2, -0.15) is 4.98 Å². The highest BCUT2D eigenvalue weighted by Crippen LogP contribution is 2.29. The number of carbonyl (C=O) groups is 1. The van der Waals surface area contributed by atoms with Crippen LogP contribution in [0.25, 0.3) is 22.8 Å². The molecule has 6 heteroatoms. The van der Waals surface area contributed by atoms with Crippen LogP contribution in [-0.4, -0.2) is 23.2 Å². The van der Waals surface area contributed by atoms with Gasteiger partial charge < -0.3 is 14.6 Å². The number of hydrogen-bond acceptors (Lipinski definition) is 5. The summed E-state index contributed by atoms with van der Waals surface area (Å²) in [4.78, 5) is 16.4. The van der Waals surface area contributed by atoms with E-state index in [0.29, 0.717) is 35.5 Å². The van der Waals surface area contributed by atoms with Crippen LogP contribution < -0.4 is 10.1 Å². The lowest BCUT2D eigenvalue weighted by Gasteiger charge is -2.07. The fraction of sp³-hybridized carbons (Fsp3) is 0.250. The van der Waals surface area contributed by atoms with Crippen LogP contribution in [0.2, 0.25) is 0 Å². The molecule has 1 amide bonds. The Morgan fingerprint density at radius 3 is 2.77 bits per heavy atom. The summed E-state index contributed by atoms with van der Waals surface area (Å²) in [6, 6.07) is 14.8. The molecule has 0 saturated heterocycles. The van der Waals surface area contributed by atoms with Crippen LogP contribution in [0.15, 0.2) is 53.1 Å². The molecule has 3 rings (SSSR count). The summed E-state index contributed by atoms with van der Waals surface area (Å²) in [5.41, 5.74) is 2.19. The first kappa shape index (κ1) is 17.7. The number of rotatable bonds is 6. The predicted molar refractivity (Wildman–Crippen MR) is 99.8 cm³/mol. The molecule has 0 aliphatic carbocycles. The molecule has 0 radical (unpaired) electrons. The van der Waals surface area contributed by atoms with E-state index in [-0.39, 0.29) is 5.91 Å². The smallest absolute Gasteiger partial charge is 0.258 e. The van der Waals surface area contributed by atoms with Crippen molar-refractivity contribution >= 4 is 11.6 Å². The minimum atomic E-state index is -0.0163. The van der Waals surface area contributed by atoms with E-state index in [1.807, 2.05) is 62.4 Å². The molecule has 6 nitrogen and oxygen atoms in total. The van der Waals surface area contributed by atoms with Crippen molar-refractivity contribution in [3.05, 3.63) is 48.5 Å². The monoisotopic (exact) mass is 351 g/mol. The maximum Gasteiger partial charge on any atom is 0.258 e. The molecule has 1 aromatic heterocycles. The maximum absolute atomic E-state index is 12.0. The second kappa shape index (κ2) is 7.82. The van der Waals surface area contributed by atoms with E-state index in [4.69, 9.17) is 9.26 Å². The molecule has 0 atom stereocenters. The fourth-order valence-electron chi connectivity index (χ4n) is 2.59. The Morgan fingerprint density at radius 1 is 1.19 bits per heavy atom. The molecule has 3 aromatic rings. The van der Waals surface area contributed by atoms with Gasteiger partial charge in [0.1, 0.15) is 5.75 Å². The van der Waals surface area contributed by atoms with E-state index < -0.39 is 0 Å². The number of nitrogens with one attached hydrogen (secondary N) is 1. The van der Waals surface area contributed by atoms with Crippen LogP contribution in [-0.2, 0) is 4.79 Å². The molecule has 26 heavy (non-hydrogen) atoms. The third-order valence-corrected chi connectivity index (χ3v) is 3.76. The van der Waals surface area contributed by atoms with Crippen molar-refractivity contribution in [1.82, 2.24) is 10.1 Å². The number of hydrogen-bond donors (Lipinski definition) is 1. The van der Waals surface area contributed by atoms with E-state index in [9.17, 15) is 4.79 Å². The number of amides is 1. The zero-order valence-electron chi connectivity index (χ0n) is 15.0. The van der Waals surface area contributed by atoms with Crippen LogP contribution in [0, 0.1) is 5.92 Å². The third-order valence-electron chi connectivity index (χ3n) is 3.76. The Kier molecular flexibility index (Phi) is 5.31. The molecule has 0 fully saturated rings. The van der Waals surface area contributed by atoms with Crippen LogP contribution in [0.5, 0.6) is 5.75 Å². The average Bonchev–Trinajstić information content (AvgIpc) is 3.11. The van der Waals surface area contributed by atoms with E-state index in [2.05, 4.69) is 15.5 Å². The molecular formula is C20H21N3O3. The van der Waals surface area contributed by atoms with Crippen molar-refractivity contribution in [1.29, 1.82) is 0 Å². The fourth-order valence-corrected chi connectivity index (χ4v) is 2.59. The molecule has 0 aliphatic heterocycles. The number of carbonyl (C=O) groups excluding carboxylic acids is 1. The molecule has 1 heterocycles. The second-order valence-corrected chi connectivity index (χ2v) is 6.35. The quantitative estimate of drug-likeness (QED) is 0.712. The number of aromatic nitrogens is 2. The second-order valence-electron chi connectivity index (χ2n) is 6.35. The molecule has 0 unspecified atom stereocenters. The van der Waals surface area contributed by atoms with Gasteiger partial charge in [0.25, 0.3) is 5.89 Å². The number of anilines is 1. The molecule has 2 aromatic carbocycles. The van der Waals surface area contributed by atoms with Crippen LogP contribution in [0.4, 0.5) is 5.69 Å². The van der Waals surface area contributed by atoms with Crippen molar-refractivity contribution in [2.24, 2.45) is 5.92 Å². The van der Waals surface area contributed by atoms with Gasteiger partial charge in [-0.05, 0) is 36.2 Å². The van der Waals surface area contributed by atoms with Crippen LogP contribution in [0.3, 0.4) is 0 Å². The van der Waals surface area contributed by atoms with Crippen LogP contribution in [0.1, 0.15) is 20.3 Å². The highest BCUT2D eigenvalue weighted by molar-refractivity contribution is 5.91. The highest BCUT2D eigenvalue weighted by atomic mass is 16.5. The lowest BCUT2D eigenvalue weighted by Crippen LogP contribution is -2.13. The summed E-state index contributed by atoms with van der Waals surface area (Å²) in [6.07, 6.45) is 0.475. The van der Waals surface area contributed by atoms with Gasteiger partial charge in [-0.25, -0.2) is 0 Å². The Balaban J connectivity index is 1.83. The van der Waals surface area contributed by atoms with E-state index in [0.717, 1.165) is 11.1 Å². The summed E-state index contributed by atoms with van der Waals surface area (Å²) in [5, 5.41) is 6.94. The third kappa shape index (κ3) is 4.08. The van der Waals surface area contributed by atoms with Gasteiger partial charge in [0.2, 0.25) is 11.7 Å². The zero-order chi connectivity index (χ0) is 18.5. The first-order valence-electron chi connectivity index (χ1n) is 8.44. The van der Waals surface area contributed by atoms with Crippen LogP contribution >= 0.6 is 0 Å². The predicted octanol–water partition coefficient (Wildman–Crippen LogP) is 4.40. The van der Waals surface area contributed by atoms with Gasteiger partial charge in [0.15, 0.2) is 0 Å². The molecule has 0 aliphatic rings. The summed E-state index contributed by atoms with van der Waals surface area (Å²) in [5.74, 6) is 1.79. The molecular weight excluding hydrogens is 330 g/mol. The Bertz CT molecular complexity index is 903. The van der Waals surface area contributed by atoms with Crippen molar-refractivity contribution in [3.63, 3.8) is 0 Å². The summed E-state index contributed by atoms with van der Waals surface area (Å²) in [7, 11) is 1.60. The molecule has 0 saturated carbocycles. The Hall–Kier alpha value is -3.15. The Morgan fingerprint density at radius 2 is 2.00 bits per heavy atom. The SMILES string of the molecule is COc1ccccc1-c1noc(-c2cccc(NC(=O)CC(C)C)c2)n1. The highest BCUT2D eigenvalue weighted by Gasteiger charge is 2.14. The average molecular weight is 351 g/mol. The molecule has 0 bridgehead atoms. The molecule has 1 N–H and O–H groups in total. The van der Waals surface area contributed by atoms with Crippen molar-refractivity contribution in [2.75, 3.05) is 12.4 Å². The minimum absolute atomic E-state index is 0.0163. The summed E-state index contributed by atoms with van der Waals surface area (Å²) >= 11 is 0. The van der Waals surface area contributed by atoms with Gasteiger partial charge in [-0.1, -0.05) is 37.2 Å². The van der Waals surface area contributed by atoms with Gasteiger partial charge in [0.05, 0.1) is 12.7 Å². The van der Waals surface area contributed by atoms with Gasteiger partial charge in [-0.3, -0.25) is 4.79 Å². The van der Waals surface area contributed by atoms with E-state index in [1.165, 1.54) is 0 Å². The zero-order valence-corrected chi connectivity index (χ0v) is 15.0. The Labute approximate surface area is 152 Å². The number of ether oxygens (including phenoxy) is 1. The van der Waals surface area contributed by atoms with Gasteiger partial charge in [0, 0.05) is 17.7 Å². The lowest BCUT2D eigenvalue weighted by molar-refractivity contribution is -0.116. The normalized spacial score (nSPS) is 10.8. The lowest BCUT2D eigenvalue weighted by atomic mass is 10.1. The topological polar surface area (TPSA) is 77.3 Å². The number of nitrogens with zero attached hydrogens (tertiary/aromatic N) is 2. The van der Waals surface area contributed by atoms with Crippen molar-refractivity contribution < 1.29 is 14.1 Å². The van der Waals surface area contributed by atoms with Gasteiger partial charge >= 0.3 is 0 Å². The molecule has 134 valence electrons. The summed E-state index contributed by atoms with van der Waals surface area (Å²) in [6.45, 7) is 4.02.